The van der Waals surface area contributed by atoms with Crippen LogP contribution in [0, 0.1) is 0 Å². The Bertz CT molecular complexity index is 679. The highest BCUT2D eigenvalue weighted by atomic mass is 32.2. The van der Waals surface area contributed by atoms with Crippen LogP contribution in [0.1, 0.15) is 10.5 Å². The Kier molecular flexibility index (Phi) is 4.42. The minimum absolute atomic E-state index is 0.115. The van der Waals surface area contributed by atoms with E-state index in [1.807, 2.05) is 0 Å². The van der Waals surface area contributed by atoms with Crippen LogP contribution in [0.5, 0.6) is 0 Å². The Hall–Kier alpha value is -1.85. The van der Waals surface area contributed by atoms with E-state index in [9.17, 15) is 13.2 Å². The number of rotatable bonds is 6. The molecule has 0 amide bonds. The van der Waals surface area contributed by atoms with Crippen LogP contribution in [0.4, 0.5) is 0 Å². The van der Waals surface area contributed by atoms with E-state index < -0.39 is 16.0 Å². The minimum atomic E-state index is -3.81. The zero-order chi connectivity index (χ0) is 14.6. The van der Waals surface area contributed by atoms with Crippen molar-refractivity contribution in [3.8, 4) is 0 Å². The van der Waals surface area contributed by atoms with Gasteiger partial charge in [-0.25, -0.2) is 22.9 Å². The van der Waals surface area contributed by atoms with Crippen molar-refractivity contribution in [2.45, 2.75) is 10.8 Å². The van der Waals surface area contributed by atoms with Crippen LogP contribution in [-0.4, -0.2) is 48.0 Å². The molecule has 0 aliphatic carbocycles. The van der Waals surface area contributed by atoms with Gasteiger partial charge in [-0.3, -0.25) is 4.68 Å². The molecule has 20 heavy (non-hydrogen) atoms. The van der Waals surface area contributed by atoms with Gasteiger partial charge in [-0.1, -0.05) is 5.21 Å². The molecule has 0 saturated heterocycles. The maximum absolute atomic E-state index is 12.1. The number of carbonyl (C=O) groups excluding carboxylic acids is 1. The van der Waals surface area contributed by atoms with E-state index in [2.05, 4.69) is 24.8 Å². The first-order valence-corrected chi connectivity index (χ1v) is 7.76. The predicted molar refractivity (Wildman–Crippen MR) is 68.7 cm³/mol. The fourth-order valence-electron chi connectivity index (χ4n) is 1.37. The number of sulfonamides is 1. The van der Waals surface area contributed by atoms with Crippen LogP contribution in [0.25, 0.3) is 0 Å². The molecular formula is C9H11N5O4S2. The first kappa shape index (κ1) is 14.6. The Morgan fingerprint density at radius 3 is 3.00 bits per heavy atom. The molecule has 1 N–H and O–H groups in total. The molecule has 0 aliphatic heterocycles. The molecular weight excluding hydrogens is 306 g/mol. The molecule has 0 bridgehead atoms. The molecule has 2 aromatic heterocycles. The summed E-state index contributed by atoms with van der Waals surface area (Å²) < 4.78 is 32.3. The number of carbonyl (C=O) groups is 1. The number of nitrogens with one attached hydrogen (secondary N) is 1. The van der Waals surface area contributed by atoms with Gasteiger partial charge in [0.05, 0.1) is 25.4 Å². The highest BCUT2D eigenvalue weighted by Gasteiger charge is 2.26. The molecule has 11 heteroatoms. The van der Waals surface area contributed by atoms with Gasteiger partial charge in [0.1, 0.15) is 0 Å². The third kappa shape index (κ3) is 3.18. The number of thiazole rings is 1. The number of aromatic nitrogens is 4. The van der Waals surface area contributed by atoms with Gasteiger partial charge in [-0.05, 0) is 0 Å². The van der Waals surface area contributed by atoms with Crippen LogP contribution in [0.3, 0.4) is 0 Å². The fourth-order valence-corrected chi connectivity index (χ4v) is 3.57. The van der Waals surface area contributed by atoms with E-state index in [1.165, 1.54) is 16.4 Å². The largest absolute Gasteiger partial charge is 0.464 e. The fraction of sp³-hybridized carbons (Fsp3) is 0.333. The van der Waals surface area contributed by atoms with Gasteiger partial charge in [-0.15, -0.1) is 16.4 Å². The molecule has 2 rings (SSSR count). The van der Waals surface area contributed by atoms with Gasteiger partial charge in [0, 0.05) is 12.7 Å². The second-order valence-corrected chi connectivity index (χ2v) is 6.36. The monoisotopic (exact) mass is 317 g/mol. The molecule has 0 atom stereocenters. The maximum atomic E-state index is 12.1. The van der Waals surface area contributed by atoms with Crippen molar-refractivity contribution in [1.29, 1.82) is 0 Å². The average molecular weight is 317 g/mol. The normalized spacial score (nSPS) is 11.4. The second kappa shape index (κ2) is 6.07. The lowest BCUT2D eigenvalue weighted by atomic mass is 10.5. The number of ether oxygens (including phenoxy) is 1. The summed E-state index contributed by atoms with van der Waals surface area (Å²) >= 11 is 0.851. The SMILES string of the molecule is COC(=O)c1ncsc1S(=O)(=O)NCCn1ccnn1. The lowest BCUT2D eigenvalue weighted by Crippen LogP contribution is -2.28. The molecule has 2 heterocycles. The quantitative estimate of drug-likeness (QED) is 0.714. The number of nitrogens with zero attached hydrogens (tertiary/aromatic N) is 4. The maximum Gasteiger partial charge on any atom is 0.358 e. The number of hydrogen-bond donors (Lipinski definition) is 1. The van der Waals surface area contributed by atoms with Crippen molar-refractivity contribution in [1.82, 2.24) is 24.7 Å². The summed E-state index contributed by atoms with van der Waals surface area (Å²) in [5.41, 5.74) is 1.06. The van der Waals surface area contributed by atoms with Crippen LogP contribution >= 0.6 is 11.3 Å². The zero-order valence-electron chi connectivity index (χ0n) is 10.4. The predicted octanol–water partition coefficient (Wildman–Crippen LogP) is -0.500. The summed E-state index contributed by atoms with van der Waals surface area (Å²) in [6.45, 7) is 0.440. The van der Waals surface area contributed by atoms with Gasteiger partial charge < -0.3 is 4.74 Å². The average Bonchev–Trinajstić information content (AvgIpc) is 3.08. The van der Waals surface area contributed by atoms with Crippen LogP contribution in [0.2, 0.25) is 0 Å². The van der Waals surface area contributed by atoms with Crippen LogP contribution in [-0.2, 0) is 21.3 Å². The lowest BCUT2D eigenvalue weighted by Gasteiger charge is -2.05. The van der Waals surface area contributed by atoms with Gasteiger partial charge in [-0.2, -0.15) is 0 Å². The van der Waals surface area contributed by atoms with E-state index in [0.717, 1.165) is 18.4 Å². The summed E-state index contributed by atoms with van der Waals surface area (Å²) in [6, 6.07) is 0. The molecule has 0 spiro atoms. The minimum Gasteiger partial charge on any atom is -0.464 e. The molecule has 0 unspecified atom stereocenters. The van der Waals surface area contributed by atoms with Gasteiger partial charge in [0.2, 0.25) is 0 Å². The second-order valence-electron chi connectivity index (χ2n) is 3.54. The highest BCUT2D eigenvalue weighted by Crippen LogP contribution is 2.20. The summed E-state index contributed by atoms with van der Waals surface area (Å²) in [5.74, 6) is -0.789. The third-order valence-corrected chi connectivity index (χ3v) is 5.09. The Balaban J connectivity index is 2.07. The molecule has 0 fully saturated rings. The summed E-state index contributed by atoms with van der Waals surface area (Å²) in [5, 5.41) is 7.31. The Labute approximate surface area is 118 Å². The van der Waals surface area contributed by atoms with E-state index >= 15 is 0 Å². The van der Waals surface area contributed by atoms with Crippen LogP contribution < -0.4 is 4.72 Å². The van der Waals surface area contributed by atoms with E-state index in [1.54, 1.807) is 6.20 Å². The highest BCUT2D eigenvalue weighted by molar-refractivity contribution is 7.91. The van der Waals surface area contributed by atoms with Crippen molar-refractivity contribution in [2.75, 3.05) is 13.7 Å². The first-order chi connectivity index (χ1) is 9.54. The molecule has 0 saturated carbocycles. The number of esters is 1. The van der Waals surface area contributed by atoms with E-state index in [4.69, 9.17) is 0 Å². The Morgan fingerprint density at radius 2 is 2.35 bits per heavy atom. The first-order valence-electron chi connectivity index (χ1n) is 5.40. The van der Waals surface area contributed by atoms with E-state index in [-0.39, 0.29) is 16.4 Å². The molecule has 0 radical (unpaired) electrons. The molecule has 108 valence electrons. The van der Waals surface area contributed by atoms with Crippen molar-refractivity contribution >= 4 is 27.3 Å². The van der Waals surface area contributed by atoms with Crippen molar-refractivity contribution in [2.24, 2.45) is 0 Å². The topological polar surface area (TPSA) is 116 Å². The molecule has 9 nitrogen and oxygen atoms in total. The van der Waals surface area contributed by atoms with Gasteiger partial charge in [0.25, 0.3) is 10.0 Å². The molecule has 0 aromatic carbocycles. The lowest BCUT2D eigenvalue weighted by molar-refractivity contribution is 0.0590. The Morgan fingerprint density at radius 1 is 1.55 bits per heavy atom. The standard InChI is InChI=1S/C9H11N5O4S2/c1-18-8(15)7-9(19-6-10-7)20(16,17)12-3-5-14-4-2-11-13-14/h2,4,6,12H,3,5H2,1H3. The number of hydrogen-bond acceptors (Lipinski definition) is 8. The molecule has 2 aromatic rings. The zero-order valence-corrected chi connectivity index (χ0v) is 12.0. The van der Waals surface area contributed by atoms with Crippen molar-refractivity contribution in [3.05, 3.63) is 23.6 Å². The van der Waals surface area contributed by atoms with E-state index in [0.29, 0.717) is 6.54 Å². The van der Waals surface area contributed by atoms with Crippen LogP contribution in [0.15, 0.2) is 22.1 Å². The van der Waals surface area contributed by atoms with Gasteiger partial charge >= 0.3 is 5.97 Å². The summed E-state index contributed by atoms with van der Waals surface area (Å²) in [7, 11) is -2.65. The van der Waals surface area contributed by atoms with Crippen molar-refractivity contribution < 1.29 is 17.9 Å². The third-order valence-electron chi connectivity index (χ3n) is 2.26. The number of methoxy groups -OCH3 is 1. The summed E-state index contributed by atoms with van der Waals surface area (Å²) in [4.78, 5) is 15.1. The van der Waals surface area contributed by atoms with Crippen molar-refractivity contribution in [3.63, 3.8) is 0 Å². The molecule has 0 aliphatic rings. The van der Waals surface area contributed by atoms with Gasteiger partial charge in [0.15, 0.2) is 9.90 Å². The smallest absolute Gasteiger partial charge is 0.358 e. The summed E-state index contributed by atoms with van der Waals surface area (Å²) in [6.07, 6.45) is 3.11.